The summed E-state index contributed by atoms with van der Waals surface area (Å²) in [6.07, 6.45) is 5.33. The Morgan fingerprint density at radius 3 is 2.88 bits per heavy atom. The van der Waals surface area contributed by atoms with Gasteiger partial charge in [-0.3, -0.25) is 9.48 Å². The second-order valence-corrected chi connectivity index (χ2v) is 4.93. The number of carbonyl (C=O) groups excluding carboxylic acids is 1. The van der Waals surface area contributed by atoms with E-state index < -0.39 is 5.54 Å². The van der Waals surface area contributed by atoms with Crippen molar-refractivity contribution in [2.24, 2.45) is 11.7 Å². The predicted molar refractivity (Wildman–Crippen MR) is 65.6 cm³/mol. The van der Waals surface area contributed by atoms with Crippen LogP contribution in [-0.4, -0.2) is 27.8 Å². The molecule has 1 aliphatic rings. The van der Waals surface area contributed by atoms with Crippen LogP contribution < -0.4 is 11.1 Å². The summed E-state index contributed by atoms with van der Waals surface area (Å²) in [5.74, 6) is -0.00334. The van der Waals surface area contributed by atoms with Crippen LogP contribution in [0, 0.1) is 5.92 Å². The van der Waals surface area contributed by atoms with Crippen molar-refractivity contribution in [3.05, 3.63) is 17.4 Å². The molecule has 2 rings (SSSR count). The van der Waals surface area contributed by atoms with Gasteiger partial charge in [-0.1, -0.05) is 18.5 Å². The van der Waals surface area contributed by atoms with E-state index in [0.29, 0.717) is 24.0 Å². The minimum atomic E-state index is -0.690. The summed E-state index contributed by atoms with van der Waals surface area (Å²) in [7, 11) is 0. The number of nitrogens with two attached hydrogens (primary N) is 1. The second-order valence-electron chi connectivity index (χ2n) is 4.50. The summed E-state index contributed by atoms with van der Waals surface area (Å²) in [5, 5.41) is 7.91. The highest BCUT2D eigenvalue weighted by Gasteiger charge is 2.49. The van der Waals surface area contributed by atoms with Crippen LogP contribution in [-0.2, 0) is 11.3 Å². The molecule has 1 aromatic rings. The standard InChI is InChI=1S/C11H17ClN4O/c1-2-14-11(10(13)17,8-3-4-8)7-16-6-9(12)5-15-16/h5-6,8,14H,2-4,7H2,1H3,(H2,13,17). The van der Waals surface area contributed by atoms with Gasteiger partial charge in [0.2, 0.25) is 5.91 Å². The molecule has 1 heterocycles. The monoisotopic (exact) mass is 256 g/mol. The highest BCUT2D eigenvalue weighted by Crippen LogP contribution is 2.40. The normalized spacial score (nSPS) is 18.9. The van der Waals surface area contributed by atoms with Crippen LogP contribution >= 0.6 is 11.6 Å². The Bertz CT molecular complexity index is 415. The molecule has 1 atom stereocenters. The number of hydrogen-bond donors (Lipinski definition) is 2. The fourth-order valence-electron chi connectivity index (χ4n) is 2.27. The first-order chi connectivity index (χ1) is 8.08. The van der Waals surface area contributed by atoms with E-state index in [1.54, 1.807) is 17.1 Å². The molecule has 1 aliphatic carbocycles. The van der Waals surface area contributed by atoms with E-state index in [0.717, 1.165) is 12.8 Å². The SMILES string of the molecule is CCNC(Cn1cc(Cl)cn1)(C(N)=O)C1CC1. The summed E-state index contributed by atoms with van der Waals surface area (Å²) in [5.41, 5.74) is 4.89. The van der Waals surface area contributed by atoms with Crippen LogP contribution in [0.1, 0.15) is 19.8 Å². The van der Waals surface area contributed by atoms with Crippen molar-refractivity contribution < 1.29 is 4.79 Å². The van der Waals surface area contributed by atoms with Gasteiger partial charge in [-0.2, -0.15) is 5.10 Å². The number of amides is 1. The number of halogens is 1. The van der Waals surface area contributed by atoms with Crippen molar-refractivity contribution in [2.45, 2.75) is 31.8 Å². The molecule has 1 unspecified atom stereocenters. The Morgan fingerprint density at radius 2 is 2.47 bits per heavy atom. The lowest BCUT2D eigenvalue weighted by Gasteiger charge is -2.31. The van der Waals surface area contributed by atoms with Gasteiger partial charge in [0.05, 0.1) is 17.8 Å². The third-order valence-electron chi connectivity index (χ3n) is 3.22. The van der Waals surface area contributed by atoms with E-state index in [-0.39, 0.29) is 5.91 Å². The molecule has 0 saturated heterocycles. The van der Waals surface area contributed by atoms with Gasteiger partial charge in [0, 0.05) is 6.20 Å². The van der Waals surface area contributed by atoms with Crippen LogP contribution in [0.5, 0.6) is 0 Å². The summed E-state index contributed by atoms with van der Waals surface area (Å²) in [4.78, 5) is 11.8. The number of primary amides is 1. The second kappa shape index (κ2) is 4.66. The smallest absolute Gasteiger partial charge is 0.239 e. The van der Waals surface area contributed by atoms with E-state index in [1.165, 1.54) is 0 Å². The highest BCUT2D eigenvalue weighted by molar-refractivity contribution is 6.30. The number of carbonyl (C=O) groups is 1. The number of rotatable bonds is 6. The molecule has 0 aliphatic heterocycles. The zero-order valence-electron chi connectivity index (χ0n) is 9.82. The highest BCUT2D eigenvalue weighted by atomic mass is 35.5. The molecular weight excluding hydrogens is 240 g/mol. The summed E-state index contributed by atoms with van der Waals surface area (Å²) >= 11 is 5.82. The van der Waals surface area contributed by atoms with Crippen LogP contribution in [0.15, 0.2) is 12.4 Å². The van der Waals surface area contributed by atoms with Gasteiger partial charge >= 0.3 is 0 Å². The summed E-state index contributed by atoms with van der Waals surface area (Å²) in [6.45, 7) is 3.11. The third-order valence-corrected chi connectivity index (χ3v) is 3.41. The fraction of sp³-hybridized carbons (Fsp3) is 0.636. The maximum atomic E-state index is 11.8. The van der Waals surface area contributed by atoms with Crippen molar-refractivity contribution in [3.63, 3.8) is 0 Å². The molecule has 3 N–H and O–H groups in total. The summed E-state index contributed by atoms with van der Waals surface area (Å²) in [6, 6.07) is 0. The fourth-order valence-corrected chi connectivity index (χ4v) is 2.42. The Kier molecular flexibility index (Phi) is 3.40. The average molecular weight is 257 g/mol. The molecule has 0 bridgehead atoms. The quantitative estimate of drug-likeness (QED) is 0.790. The Labute approximate surface area is 105 Å². The maximum Gasteiger partial charge on any atom is 0.239 e. The molecule has 17 heavy (non-hydrogen) atoms. The first kappa shape index (κ1) is 12.4. The molecule has 1 amide bonds. The zero-order valence-corrected chi connectivity index (χ0v) is 10.6. The van der Waals surface area contributed by atoms with E-state index in [2.05, 4.69) is 10.4 Å². The molecule has 1 fully saturated rings. The molecule has 6 heteroatoms. The molecule has 5 nitrogen and oxygen atoms in total. The lowest BCUT2D eigenvalue weighted by atomic mass is 9.92. The van der Waals surface area contributed by atoms with Crippen molar-refractivity contribution in [3.8, 4) is 0 Å². The number of nitrogens with one attached hydrogen (secondary N) is 1. The van der Waals surface area contributed by atoms with Gasteiger partial charge in [0.1, 0.15) is 5.54 Å². The molecule has 1 aromatic heterocycles. The molecular formula is C11H17ClN4O. The first-order valence-electron chi connectivity index (χ1n) is 5.81. The Balaban J connectivity index is 2.22. The molecule has 0 radical (unpaired) electrons. The lowest BCUT2D eigenvalue weighted by Crippen LogP contribution is -2.59. The van der Waals surface area contributed by atoms with E-state index in [1.807, 2.05) is 6.92 Å². The van der Waals surface area contributed by atoms with Crippen molar-refractivity contribution in [2.75, 3.05) is 6.54 Å². The van der Waals surface area contributed by atoms with Crippen LogP contribution in [0.4, 0.5) is 0 Å². The van der Waals surface area contributed by atoms with Crippen LogP contribution in [0.3, 0.4) is 0 Å². The number of likely N-dealkylation sites (N-methyl/N-ethyl adjacent to an activating group) is 1. The number of nitrogens with zero attached hydrogens (tertiary/aromatic N) is 2. The summed E-state index contributed by atoms with van der Waals surface area (Å²) < 4.78 is 1.67. The van der Waals surface area contributed by atoms with Crippen LogP contribution in [0.25, 0.3) is 0 Å². The largest absolute Gasteiger partial charge is 0.368 e. The minimum Gasteiger partial charge on any atom is -0.368 e. The number of hydrogen-bond acceptors (Lipinski definition) is 3. The first-order valence-corrected chi connectivity index (χ1v) is 6.19. The molecule has 0 spiro atoms. The predicted octanol–water partition coefficient (Wildman–Crippen LogP) is 0.780. The van der Waals surface area contributed by atoms with Gasteiger partial charge < -0.3 is 11.1 Å². The van der Waals surface area contributed by atoms with Gasteiger partial charge in [0.25, 0.3) is 0 Å². The van der Waals surface area contributed by atoms with Gasteiger partial charge in [0.15, 0.2) is 0 Å². The van der Waals surface area contributed by atoms with E-state index >= 15 is 0 Å². The van der Waals surface area contributed by atoms with E-state index in [4.69, 9.17) is 17.3 Å². The average Bonchev–Trinajstić information content (AvgIpc) is 3.03. The van der Waals surface area contributed by atoms with Crippen molar-refractivity contribution >= 4 is 17.5 Å². The van der Waals surface area contributed by atoms with Crippen LogP contribution in [0.2, 0.25) is 5.02 Å². The molecule has 1 saturated carbocycles. The lowest BCUT2D eigenvalue weighted by molar-refractivity contribution is -0.126. The Morgan fingerprint density at radius 1 is 1.76 bits per heavy atom. The molecule has 0 aromatic carbocycles. The molecule has 94 valence electrons. The minimum absolute atomic E-state index is 0.308. The van der Waals surface area contributed by atoms with E-state index in [9.17, 15) is 4.79 Å². The third kappa shape index (κ3) is 2.45. The van der Waals surface area contributed by atoms with Crippen molar-refractivity contribution in [1.29, 1.82) is 0 Å². The topological polar surface area (TPSA) is 72.9 Å². The number of aromatic nitrogens is 2. The van der Waals surface area contributed by atoms with Gasteiger partial charge in [-0.05, 0) is 25.3 Å². The Hall–Kier alpha value is -1.07. The maximum absolute atomic E-state index is 11.8. The van der Waals surface area contributed by atoms with Crippen molar-refractivity contribution in [1.82, 2.24) is 15.1 Å². The van der Waals surface area contributed by atoms with Gasteiger partial charge in [-0.15, -0.1) is 0 Å². The van der Waals surface area contributed by atoms with Gasteiger partial charge in [-0.25, -0.2) is 0 Å². The zero-order chi connectivity index (χ0) is 12.5.